The fraction of sp³-hybridized carbons (Fsp3) is 0.375. The smallest absolute Gasteiger partial charge is 0.215 e. The molecule has 2 saturated heterocycles. The molecule has 0 unspecified atom stereocenters. The lowest BCUT2D eigenvalue weighted by molar-refractivity contribution is -0.189. The third-order valence-corrected chi connectivity index (χ3v) is 6.52. The summed E-state index contributed by atoms with van der Waals surface area (Å²) < 4.78 is 34.9. The quantitative estimate of drug-likeness (QED) is 0.520. The highest BCUT2D eigenvalue weighted by molar-refractivity contribution is 6.35. The summed E-state index contributed by atoms with van der Waals surface area (Å²) in [5.74, 6) is -1.37. The van der Waals surface area contributed by atoms with Gasteiger partial charge in [0.25, 0.3) is 0 Å². The average Bonchev–Trinajstić information content (AvgIpc) is 3.49. The van der Waals surface area contributed by atoms with Crippen molar-refractivity contribution in [1.29, 1.82) is 0 Å². The molecule has 3 aromatic rings. The lowest BCUT2D eigenvalue weighted by atomic mass is 10.1. The Morgan fingerprint density at radius 3 is 2.76 bits per heavy atom. The van der Waals surface area contributed by atoms with Crippen molar-refractivity contribution in [1.82, 2.24) is 14.9 Å². The molecule has 0 saturated carbocycles. The van der Waals surface area contributed by atoms with Crippen LogP contribution in [0.2, 0.25) is 10.0 Å². The predicted octanol–water partition coefficient (Wildman–Crippen LogP) is 4.09. The van der Waals surface area contributed by atoms with Gasteiger partial charge in [-0.05, 0) is 24.3 Å². The first-order valence-electron chi connectivity index (χ1n) is 11.1. The predicted molar refractivity (Wildman–Crippen MR) is 128 cm³/mol. The number of nitrogens with one attached hydrogen (secondary N) is 1. The number of ether oxygens (including phenoxy) is 3. The normalized spacial score (nSPS) is 22.8. The van der Waals surface area contributed by atoms with E-state index in [0.717, 1.165) is 31.9 Å². The zero-order chi connectivity index (χ0) is 23.5. The summed E-state index contributed by atoms with van der Waals surface area (Å²) in [5.41, 5.74) is 1.50. The Kier molecular flexibility index (Phi) is 6.94. The average molecular weight is 507 g/mol. The van der Waals surface area contributed by atoms with Crippen LogP contribution >= 0.6 is 23.2 Å². The number of halogens is 3. The van der Waals surface area contributed by atoms with Gasteiger partial charge in [0.05, 0.1) is 24.5 Å². The van der Waals surface area contributed by atoms with Crippen LogP contribution in [-0.4, -0.2) is 55.0 Å². The van der Waals surface area contributed by atoms with E-state index in [9.17, 15) is 4.39 Å². The number of aromatic nitrogens is 2. The Bertz CT molecular complexity index is 1130. The summed E-state index contributed by atoms with van der Waals surface area (Å²) in [5, 5.41) is 4.25. The van der Waals surface area contributed by atoms with Gasteiger partial charge >= 0.3 is 0 Å². The van der Waals surface area contributed by atoms with E-state index in [-0.39, 0.29) is 19.0 Å². The van der Waals surface area contributed by atoms with E-state index in [1.807, 2.05) is 16.8 Å². The minimum absolute atomic E-state index is 0.126. The topological polar surface area (TPSA) is 60.8 Å². The Labute approximate surface area is 207 Å². The lowest BCUT2D eigenvalue weighted by Crippen LogP contribution is -2.43. The summed E-state index contributed by atoms with van der Waals surface area (Å²) in [4.78, 5) is 6.25. The second-order valence-electron chi connectivity index (χ2n) is 8.33. The van der Waals surface area contributed by atoms with Gasteiger partial charge in [-0.3, -0.25) is 0 Å². The van der Waals surface area contributed by atoms with Crippen LogP contribution < -0.4 is 15.0 Å². The second-order valence-corrected chi connectivity index (χ2v) is 9.17. The molecule has 2 aromatic carbocycles. The monoisotopic (exact) mass is 506 g/mol. The Balaban J connectivity index is 1.29. The van der Waals surface area contributed by atoms with E-state index in [0.29, 0.717) is 22.2 Å². The Morgan fingerprint density at radius 1 is 1.18 bits per heavy atom. The fourth-order valence-electron chi connectivity index (χ4n) is 4.28. The van der Waals surface area contributed by atoms with Gasteiger partial charge < -0.3 is 29.0 Å². The van der Waals surface area contributed by atoms with Crippen LogP contribution in [0.25, 0.3) is 0 Å². The molecular weight excluding hydrogens is 482 g/mol. The molecule has 1 N–H and O–H groups in total. The number of imidazole rings is 1. The minimum Gasteiger partial charge on any atom is -0.488 e. The number of rotatable bonds is 7. The first-order valence-corrected chi connectivity index (χ1v) is 11.9. The van der Waals surface area contributed by atoms with Crippen LogP contribution in [0, 0.1) is 5.82 Å². The molecule has 1 aromatic heterocycles. The molecule has 0 bridgehead atoms. The number of hydrogen-bond donors (Lipinski definition) is 1. The highest BCUT2D eigenvalue weighted by Crippen LogP contribution is 2.40. The molecule has 7 nitrogen and oxygen atoms in total. The minimum atomic E-state index is -1.15. The summed E-state index contributed by atoms with van der Waals surface area (Å²) in [6.07, 6.45) is 4.75. The molecule has 34 heavy (non-hydrogen) atoms. The van der Waals surface area contributed by atoms with Crippen molar-refractivity contribution in [2.45, 2.75) is 18.4 Å². The van der Waals surface area contributed by atoms with Gasteiger partial charge in [0.15, 0.2) is 11.6 Å². The van der Waals surface area contributed by atoms with Crippen LogP contribution in [0.15, 0.2) is 55.1 Å². The van der Waals surface area contributed by atoms with Crippen molar-refractivity contribution in [3.63, 3.8) is 0 Å². The molecule has 2 aliphatic rings. The molecule has 2 fully saturated rings. The molecule has 5 rings (SSSR count). The molecule has 180 valence electrons. The van der Waals surface area contributed by atoms with E-state index in [1.165, 1.54) is 6.07 Å². The van der Waals surface area contributed by atoms with Gasteiger partial charge in [0, 0.05) is 60.9 Å². The number of hydrogen-bond acceptors (Lipinski definition) is 6. The molecule has 0 spiro atoms. The summed E-state index contributed by atoms with van der Waals surface area (Å²) in [6.45, 7) is 4.18. The molecule has 0 aliphatic carbocycles. The number of piperazine rings is 1. The van der Waals surface area contributed by atoms with Crippen molar-refractivity contribution in [2.24, 2.45) is 0 Å². The molecule has 10 heteroatoms. The maximum Gasteiger partial charge on any atom is 0.215 e. The summed E-state index contributed by atoms with van der Waals surface area (Å²) >= 11 is 12.6. The van der Waals surface area contributed by atoms with Crippen molar-refractivity contribution in [2.75, 3.05) is 44.3 Å². The van der Waals surface area contributed by atoms with E-state index < -0.39 is 17.7 Å². The fourth-order valence-corrected chi connectivity index (χ4v) is 4.84. The van der Waals surface area contributed by atoms with Crippen LogP contribution in [-0.2, 0) is 21.8 Å². The van der Waals surface area contributed by atoms with E-state index >= 15 is 0 Å². The van der Waals surface area contributed by atoms with Crippen LogP contribution in [0.4, 0.5) is 10.1 Å². The van der Waals surface area contributed by atoms with Crippen molar-refractivity contribution in [3.05, 3.63) is 76.5 Å². The Morgan fingerprint density at radius 2 is 2.03 bits per heavy atom. The second kappa shape index (κ2) is 10.1. The largest absolute Gasteiger partial charge is 0.488 e. The molecule has 0 radical (unpaired) electrons. The first kappa shape index (κ1) is 23.4. The lowest BCUT2D eigenvalue weighted by Gasteiger charge is -2.30. The van der Waals surface area contributed by atoms with Crippen molar-refractivity contribution >= 4 is 28.9 Å². The molecule has 0 amide bonds. The SMILES string of the molecule is Fc1cc(N2CCNCC2)ccc1OC[C@@H]1CO[C@@](Cn2ccnc2)(c2ccc(Cl)cc2Cl)O1. The van der Waals surface area contributed by atoms with Gasteiger partial charge in [0.1, 0.15) is 12.7 Å². The third kappa shape index (κ3) is 5.01. The Hall–Kier alpha value is -2.36. The standard InChI is InChI=1S/C24H25Cl2FN4O3/c25-17-1-3-20(21(26)11-17)24(15-30-8-5-29-16-30)33-14-19(34-24)13-32-23-4-2-18(12-22(23)27)31-9-6-28-7-10-31/h1-5,8,11-12,16,19,28H,6-7,9-10,13-15H2/t19-,24-/m1/s1. The van der Waals surface area contributed by atoms with Crippen LogP contribution in [0.1, 0.15) is 5.56 Å². The van der Waals surface area contributed by atoms with Gasteiger partial charge in [-0.15, -0.1) is 0 Å². The third-order valence-electron chi connectivity index (χ3n) is 5.97. The van der Waals surface area contributed by atoms with Crippen molar-refractivity contribution < 1.29 is 18.6 Å². The van der Waals surface area contributed by atoms with Gasteiger partial charge in [-0.25, -0.2) is 9.37 Å². The highest BCUT2D eigenvalue weighted by Gasteiger charge is 2.45. The van der Waals surface area contributed by atoms with Gasteiger partial charge in [0.2, 0.25) is 5.79 Å². The highest BCUT2D eigenvalue weighted by atomic mass is 35.5. The van der Waals surface area contributed by atoms with E-state index in [4.69, 9.17) is 37.4 Å². The van der Waals surface area contributed by atoms with Crippen LogP contribution in [0.3, 0.4) is 0 Å². The van der Waals surface area contributed by atoms with Crippen LogP contribution in [0.5, 0.6) is 5.75 Å². The maximum atomic E-state index is 14.8. The first-order chi connectivity index (χ1) is 16.5. The van der Waals surface area contributed by atoms with Gasteiger partial charge in [-0.1, -0.05) is 29.3 Å². The summed E-state index contributed by atoms with van der Waals surface area (Å²) in [7, 11) is 0. The number of anilines is 1. The molecule has 2 aliphatic heterocycles. The maximum absolute atomic E-state index is 14.8. The van der Waals surface area contributed by atoms with E-state index in [2.05, 4.69) is 15.2 Å². The number of nitrogens with zero attached hydrogens (tertiary/aromatic N) is 3. The van der Waals surface area contributed by atoms with E-state index in [1.54, 1.807) is 36.8 Å². The molecule has 2 atom stereocenters. The zero-order valence-electron chi connectivity index (χ0n) is 18.4. The molecular formula is C24H25Cl2FN4O3. The van der Waals surface area contributed by atoms with Crippen molar-refractivity contribution in [3.8, 4) is 5.75 Å². The molecule has 3 heterocycles. The number of benzene rings is 2. The summed E-state index contributed by atoms with van der Waals surface area (Å²) in [6, 6.07) is 10.2. The van der Waals surface area contributed by atoms with Gasteiger partial charge in [-0.2, -0.15) is 0 Å². The zero-order valence-corrected chi connectivity index (χ0v) is 19.9.